The monoisotopic (exact) mass is 349 g/mol. The minimum Gasteiger partial charge on any atom is -0.476 e. The molecule has 9 heteroatoms. The number of H-pyrrole nitrogens is 1. The molecule has 0 spiro atoms. The highest BCUT2D eigenvalue weighted by molar-refractivity contribution is 5.87. The lowest BCUT2D eigenvalue weighted by molar-refractivity contribution is -0.137. The van der Waals surface area contributed by atoms with Gasteiger partial charge in [0.1, 0.15) is 5.75 Å². The van der Waals surface area contributed by atoms with Gasteiger partial charge in [0, 0.05) is 0 Å². The number of aromatic carboxylic acids is 1. The van der Waals surface area contributed by atoms with Crippen LogP contribution in [0.3, 0.4) is 0 Å². The summed E-state index contributed by atoms with van der Waals surface area (Å²) >= 11 is 0. The van der Waals surface area contributed by atoms with Crippen LogP contribution in [0, 0.1) is 0 Å². The van der Waals surface area contributed by atoms with Crippen LogP contribution in [-0.2, 0) is 6.18 Å². The number of hydrogen-bond donors (Lipinski definition) is 2. The van der Waals surface area contributed by atoms with Crippen molar-refractivity contribution in [3.63, 3.8) is 0 Å². The van der Waals surface area contributed by atoms with Gasteiger partial charge >= 0.3 is 12.1 Å². The van der Waals surface area contributed by atoms with Crippen LogP contribution in [0.4, 0.5) is 13.2 Å². The lowest BCUT2D eigenvalue weighted by Crippen LogP contribution is -2.03. The zero-order chi connectivity index (χ0) is 18.0. The number of ether oxygens (including phenoxy) is 1. The van der Waals surface area contributed by atoms with E-state index in [1.54, 1.807) is 24.3 Å². The molecule has 0 saturated carbocycles. The summed E-state index contributed by atoms with van der Waals surface area (Å²) in [5.74, 6) is -1.16. The van der Waals surface area contributed by atoms with Gasteiger partial charge in [-0.25, -0.2) is 9.89 Å². The zero-order valence-electron chi connectivity index (χ0n) is 12.4. The minimum absolute atomic E-state index is 0.142. The Morgan fingerprint density at radius 2 is 1.80 bits per heavy atom. The molecule has 0 bridgehead atoms. The normalized spacial score (nSPS) is 11.3. The number of carboxylic acid groups (broad SMARTS) is 1. The fourth-order valence-electron chi connectivity index (χ4n) is 2.14. The first-order valence-electron chi connectivity index (χ1n) is 6.94. The van der Waals surface area contributed by atoms with Crippen LogP contribution < -0.4 is 4.74 Å². The van der Waals surface area contributed by atoms with Crippen LogP contribution >= 0.6 is 0 Å². The molecule has 0 amide bonds. The van der Waals surface area contributed by atoms with Crippen LogP contribution in [0.5, 0.6) is 11.6 Å². The maximum Gasteiger partial charge on any atom is 0.416 e. The Bertz CT molecular complexity index is 905. The molecular weight excluding hydrogens is 339 g/mol. The number of halogens is 3. The molecule has 3 aromatic rings. The van der Waals surface area contributed by atoms with E-state index >= 15 is 0 Å². The third-order valence-electron chi connectivity index (χ3n) is 3.32. The number of hydrogen-bond acceptors (Lipinski definition) is 4. The second-order valence-corrected chi connectivity index (χ2v) is 5.00. The van der Waals surface area contributed by atoms with Crippen molar-refractivity contribution in [2.75, 3.05) is 0 Å². The Labute approximate surface area is 138 Å². The molecule has 1 aromatic heterocycles. The van der Waals surface area contributed by atoms with Crippen molar-refractivity contribution in [1.29, 1.82) is 0 Å². The number of nitrogens with zero attached hydrogens (tertiary/aromatic N) is 2. The summed E-state index contributed by atoms with van der Waals surface area (Å²) < 4.78 is 43.3. The highest BCUT2D eigenvalue weighted by Gasteiger charge is 2.30. The third kappa shape index (κ3) is 3.60. The molecule has 0 unspecified atom stereocenters. The molecule has 0 fully saturated rings. The van der Waals surface area contributed by atoms with Crippen LogP contribution in [0.1, 0.15) is 16.1 Å². The first kappa shape index (κ1) is 16.5. The van der Waals surface area contributed by atoms with Gasteiger partial charge in [-0.2, -0.15) is 13.2 Å². The van der Waals surface area contributed by atoms with E-state index in [9.17, 15) is 18.0 Å². The van der Waals surface area contributed by atoms with Gasteiger partial charge in [0.2, 0.25) is 5.69 Å². The second kappa shape index (κ2) is 6.27. The molecule has 0 radical (unpaired) electrons. The molecule has 2 aromatic carbocycles. The molecule has 1 heterocycles. The summed E-state index contributed by atoms with van der Waals surface area (Å²) in [5.41, 5.74) is 0.0495. The molecule has 0 saturated heterocycles. The first-order valence-corrected chi connectivity index (χ1v) is 6.94. The summed E-state index contributed by atoms with van der Waals surface area (Å²) in [5, 5.41) is 18.0. The average molecular weight is 349 g/mol. The molecule has 2 N–H and O–H groups in total. The van der Waals surface area contributed by atoms with Crippen molar-refractivity contribution in [1.82, 2.24) is 15.4 Å². The molecular formula is C16H10F3N3O3. The number of carboxylic acids is 1. The standard InChI is InChI=1S/C16H10F3N3O3/c17-16(18,19)11-6-4-9(5-7-11)10-2-1-3-12(8-10)25-14-13(15(23)24)20-22-21-14/h1-8H,(H,23,24)(H,20,21,22). The largest absolute Gasteiger partial charge is 0.476 e. The van der Waals surface area contributed by atoms with Crippen molar-refractivity contribution in [3.8, 4) is 22.8 Å². The lowest BCUT2D eigenvalue weighted by Gasteiger charge is -2.09. The van der Waals surface area contributed by atoms with Crippen LogP contribution in [-0.4, -0.2) is 26.5 Å². The van der Waals surface area contributed by atoms with Crippen molar-refractivity contribution >= 4 is 5.97 Å². The van der Waals surface area contributed by atoms with E-state index in [1.165, 1.54) is 12.1 Å². The number of aromatic nitrogens is 3. The number of rotatable bonds is 4. The summed E-state index contributed by atoms with van der Waals surface area (Å²) in [6.07, 6.45) is -4.40. The number of aromatic amines is 1. The van der Waals surface area contributed by atoms with E-state index in [2.05, 4.69) is 15.4 Å². The minimum atomic E-state index is -4.40. The van der Waals surface area contributed by atoms with Gasteiger partial charge in [-0.3, -0.25) is 0 Å². The van der Waals surface area contributed by atoms with Gasteiger partial charge in [-0.05, 0) is 35.4 Å². The van der Waals surface area contributed by atoms with Crippen LogP contribution in [0.25, 0.3) is 11.1 Å². The van der Waals surface area contributed by atoms with Crippen molar-refractivity contribution < 1.29 is 27.8 Å². The highest BCUT2D eigenvalue weighted by atomic mass is 19.4. The molecule has 0 aliphatic carbocycles. The summed E-state index contributed by atoms with van der Waals surface area (Å²) in [7, 11) is 0. The fraction of sp³-hybridized carbons (Fsp3) is 0.0625. The SMILES string of the molecule is O=C(O)c1nn[nH]c1Oc1cccc(-c2ccc(C(F)(F)F)cc2)c1. The average Bonchev–Trinajstić information content (AvgIpc) is 3.03. The number of carbonyl (C=O) groups is 1. The molecule has 25 heavy (non-hydrogen) atoms. The topological polar surface area (TPSA) is 88.1 Å². The Kier molecular flexibility index (Phi) is 4.14. The molecule has 0 aliphatic heterocycles. The van der Waals surface area contributed by atoms with Gasteiger partial charge in [0.05, 0.1) is 5.56 Å². The first-order chi connectivity index (χ1) is 11.8. The van der Waals surface area contributed by atoms with E-state index in [-0.39, 0.29) is 17.3 Å². The number of benzene rings is 2. The lowest BCUT2D eigenvalue weighted by atomic mass is 10.0. The van der Waals surface area contributed by atoms with Gasteiger partial charge in [0.15, 0.2) is 0 Å². The molecule has 0 aliphatic rings. The van der Waals surface area contributed by atoms with Crippen LogP contribution in [0.2, 0.25) is 0 Å². The Hall–Kier alpha value is -3.36. The summed E-state index contributed by atoms with van der Waals surface area (Å²) in [6, 6.07) is 11.1. The van der Waals surface area contributed by atoms with E-state index < -0.39 is 17.7 Å². The number of nitrogens with one attached hydrogen (secondary N) is 1. The summed E-state index contributed by atoms with van der Waals surface area (Å²) in [6.45, 7) is 0. The number of alkyl halides is 3. The van der Waals surface area contributed by atoms with Crippen molar-refractivity contribution in [3.05, 3.63) is 59.8 Å². The van der Waals surface area contributed by atoms with Crippen molar-refractivity contribution in [2.45, 2.75) is 6.18 Å². The van der Waals surface area contributed by atoms with E-state index in [0.717, 1.165) is 12.1 Å². The van der Waals surface area contributed by atoms with Gasteiger partial charge in [-0.1, -0.05) is 29.5 Å². The molecule has 3 rings (SSSR count). The molecule has 128 valence electrons. The Morgan fingerprint density at radius 1 is 1.08 bits per heavy atom. The van der Waals surface area contributed by atoms with Gasteiger partial charge in [0.25, 0.3) is 5.88 Å². The maximum absolute atomic E-state index is 12.6. The predicted octanol–water partition coefficient (Wildman–Crippen LogP) is 3.98. The smallest absolute Gasteiger partial charge is 0.416 e. The van der Waals surface area contributed by atoms with Gasteiger partial charge < -0.3 is 9.84 Å². The van der Waals surface area contributed by atoms with E-state index in [0.29, 0.717) is 11.1 Å². The van der Waals surface area contributed by atoms with Crippen molar-refractivity contribution in [2.24, 2.45) is 0 Å². The quantitative estimate of drug-likeness (QED) is 0.744. The molecule has 0 atom stereocenters. The van der Waals surface area contributed by atoms with Gasteiger partial charge in [-0.15, -0.1) is 5.10 Å². The third-order valence-corrected chi connectivity index (χ3v) is 3.32. The Balaban J connectivity index is 1.86. The Morgan fingerprint density at radius 3 is 2.44 bits per heavy atom. The maximum atomic E-state index is 12.6. The summed E-state index contributed by atoms with van der Waals surface area (Å²) in [4.78, 5) is 11.0. The van der Waals surface area contributed by atoms with Crippen LogP contribution in [0.15, 0.2) is 48.5 Å². The van der Waals surface area contributed by atoms with E-state index in [1.807, 2.05) is 0 Å². The second-order valence-electron chi connectivity index (χ2n) is 5.00. The predicted molar refractivity (Wildman–Crippen MR) is 80.3 cm³/mol. The zero-order valence-corrected chi connectivity index (χ0v) is 12.4. The molecule has 6 nitrogen and oxygen atoms in total. The van der Waals surface area contributed by atoms with E-state index in [4.69, 9.17) is 9.84 Å². The fourth-order valence-corrected chi connectivity index (χ4v) is 2.14. The highest BCUT2D eigenvalue weighted by Crippen LogP contribution is 2.32.